The lowest BCUT2D eigenvalue weighted by Crippen LogP contribution is -2.44. The third kappa shape index (κ3) is 1.65. The van der Waals surface area contributed by atoms with Crippen LogP contribution in [-0.2, 0) is 9.53 Å². The summed E-state index contributed by atoms with van der Waals surface area (Å²) in [5, 5.41) is 9.68. The molecule has 3 heteroatoms. The van der Waals surface area contributed by atoms with E-state index in [2.05, 4.69) is 0 Å². The normalized spacial score (nSPS) is 41.0. The predicted octanol–water partition coefficient (Wildman–Crippen LogP) is 1.35. The number of rotatable bonds is 2. The SMILES string of the molecule is CCOC(=O)C1C[C@@H]2CCC1CC2O. The van der Waals surface area contributed by atoms with E-state index in [1.165, 1.54) is 0 Å². The fourth-order valence-electron chi connectivity index (χ4n) is 2.94. The highest BCUT2D eigenvalue weighted by molar-refractivity contribution is 5.73. The van der Waals surface area contributed by atoms with E-state index in [0.717, 1.165) is 25.7 Å². The van der Waals surface area contributed by atoms with E-state index in [9.17, 15) is 9.90 Å². The maximum atomic E-state index is 11.6. The van der Waals surface area contributed by atoms with Gasteiger partial charge < -0.3 is 9.84 Å². The molecule has 0 aromatic rings. The number of aliphatic hydroxyl groups excluding tert-OH is 1. The average molecular weight is 198 g/mol. The van der Waals surface area contributed by atoms with Gasteiger partial charge in [-0.2, -0.15) is 0 Å². The second kappa shape index (κ2) is 3.89. The summed E-state index contributed by atoms with van der Waals surface area (Å²) < 4.78 is 5.05. The molecule has 1 N–H and O–H groups in total. The van der Waals surface area contributed by atoms with Gasteiger partial charge in [0, 0.05) is 0 Å². The van der Waals surface area contributed by atoms with Crippen molar-refractivity contribution in [2.75, 3.05) is 6.61 Å². The van der Waals surface area contributed by atoms with Crippen molar-refractivity contribution in [3.63, 3.8) is 0 Å². The van der Waals surface area contributed by atoms with E-state index in [0.29, 0.717) is 18.4 Å². The zero-order valence-electron chi connectivity index (χ0n) is 8.61. The Hall–Kier alpha value is -0.570. The van der Waals surface area contributed by atoms with Crippen LogP contribution in [0.1, 0.15) is 32.6 Å². The molecule has 3 nitrogen and oxygen atoms in total. The van der Waals surface area contributed by atoms with Crippen molar-refractivity contribution in [1.29, 1.82) is 0 Å². The van der Waals surface area contributed by atoms with Crippen LogP contribution in [0.15, 0.2) is 0 Å². The quantitative estimate of drug-likeness (QED) is 0.681. The number of ether oxygens (including phenoxy) is 1. The van der Waals surface area contributed by atoms with E-state index in [-0.39, 0.29) is 18.0 Å². The second-order valence-electron chi connectivity index (χ2n) is 4.49. The third-order valence-electron chi connectivity index (χ3n) is 3.71. The molecule has 3 aliphatic carbocycles. The van der Waals surface area contributed by atoms with Crippen LogP contribution in [0.4, 0.5) is 0 Å². The minimum atomic E-state index is -0.167. The molecule has 2 bridgehead atoms. The number of hydrogen-bond donors (Lipinski definition) is 1. The number of carbonyl (C=O) groups excluding carboxylic acids is 1. The van der Waals surface area contributed by atoms with Crippen LogP contribution in [0, 0.1) is 17.8 Å². The van der Waals surface area contributed by atoms with E-state index in [1.54, 1.807) is 0 Å². The van der Waals surface area contributed by atoms with Gasteiger partial charge in [0.1, 0.15) is 0 Å². The maximum absolute atomic E-state index is 11.6. The second-order valence-corrected chi connectivity index (χ2v) is 4.49. The molecule has 0 aromatic carbocycles. The average Bonchev–Trinajstić information content (AvgIpc) is 2.18. The van der Waals surface area contributed by atoms with Crippen LogP contribution >= 0.6 is 0 Å². The van der Waals surface area contributed by atoms with Crippen LogP contribution < -0.4 is 0 Å². The van der Waals surface area contributed by atoms with Gasteiger partial charge in [-0.15, -0.1) is 0 Å². The van der Waals surface area contributed by atoms with Crippen molar-refractivity contribution in [2.24, 2.45) is 17.8 Å². The van der Waals surface area contributed by atoms with Crippen molar-refractivity contribution in [3.8, 4) is 0 Å². The van der Waals surface area contributed by atoms with E-state index in [1.807, 2.05) is 6.92 Å². The number of fused-ring (bicyclic) bond motifs is 3. The first-order valence-electron chi connectivity index (χ1n) is 5.57. The lowest BCUT2D eigenvalue weighted by Gasteiger charge is -2.44. The fourth-order valence-corrected chi connectivity index (χ4v) is 2.94. The number of hydrogen-bond acceptors (Lipinski definition) is 3. The van der Waals surface area contributed by atoms with Gasteiger partial charge in [0.2, 0.25) is 0 Å². The minimum absolute atomic E-state index is 0.0471. The largest absolute Gasteiger partial charge is 0.466 e. The first-order chi connectivity index (χ1) is 6.72. The Balaban J connectivity index is 1.99. The molecule has 4 atom stereocenters. The molecule has 80 valence electrons. The molecule has 0 spiro atoms. The molecule has 3 rings (SSSR count). The molecule has 0 heterocycles. The van der Waals surface area contributed by atoms with E-state index < -0.39 is 0 Å². The summed E-state index contributed by atoms with van der Waals surface area (Å²) in [5.41, 5.74) is 0. The van der Waals surface area contributed by atoms with E-state index in [4.69, 9.17) is 4.74 Å². The summed E-state index contributed by atoms with van der Waals surface area (Å²) in [4.78, 5) is 11.6. The van der Waals surface area contributed by atoms with Gasteiger partial charge in [-0.05, 0) is 44.4 Å². The number of aliphatic hydroxyl groups is 1. The molecule has 0 saturated heterocycles. The smallest absolute Gasteiger partial charge is 0.309 e. The molecule has 0 aliphatic heterocycles. The zero-order valence-corrected chi connectivity index (χ0v) is 8.61. The summed E-state index contributed by atoms with van der Waals surface area (Å²) in [6, 6.07) is 0. The van der Waals surface area contributed by atoms with Crippen LogP contribution in [0.25, 0.3) is 0 Å². The molecule has 3 unspecified atom stereocenters. The topological polar surface area (TPSA) is 46.5 Å². The number of esters is 1. The molecule has 0 amide bonds. The summed E-state index contributed by atoms with van der Waals surface area (Å²) in [5.74, 6) is 0.731. The highest BCUT2D eigenvalue weighted by atomic mass is 16.5. The Morgan fingerprint density at radius 1 is 1.36 bits per heavy atom. The Morgan fingerprint density at radius 2 is 2.07 bits per heavy atom. The molecule has 14 heavy (non-hydrogen) atoms. The van der Waals surface area contributed by atoms with Crippen LogP contribution in [0.2, 0.25) is 0 Å². The van der Waals surface area contributed by atoms with Crippen molar-refractivity contribution < 1.29 is 14.6 Å². The number of carbonyl (C=O) groups is 1. The predicted molar refractivity (Wildman–Crippen MR) is 51.6 cm³/mol. The van der Waals surface area contributed by atoms with Gasteiger partial charge in [-0.3, -0.25) is 4.79 Å². The van der Waals surface area contributed by atoms with Crippen LogP contribution in [0.3, 0.4) is 0 Å². The Bertz CT molecular complexity index is 227. The summed E-state index contributed by atoms with van der Waals surface area (Å²) in [6.07, 6.45) is 3.64. The molecule has 3 aliphatic rings. The molecule has 3 fully saturated rings. The maximum Gasteiger partial charge on any atom is 0.309 e. The zero-order chi connectivity index (χ0) is 10.1. The molecular formula is C11H18O3. The van der Waals surface area contributed by atoms with Gasteiger partial charge >= 0.3 is 5.97 Å². The van der Waals surface area contributed by atoms with Gasteiger partial charge in [0.05, 0.1) is 18.6 Å². The molecule has 0 radical (unpaired) electrons. The Labute approximate surface area is 84.4 Å². The summed E-state index contributed by atoms with van der Waals surface area (Å²) >= 11 is 0. The monoisotopic (exact) mass is 198 g/mol. The minimum Gasteiger partial charge on any atom is -0.466 e. The van der Waals surface area contributed by atoms with Gasteiger partial charge in [-0.1, -0.05) is 0 Å². The first-order valence-corrected chi connectivity index (χ1v) is 5.57. The lowest BCUT2D eigenvalue weighted by atomic mass is 9.63. The molecule has 0 aromatic heterocycles. The van der Waals surface area contributed by atoms with E-state index >= 15 is 0 Å². The summed E-state index contributed by atoms with van der Waals surface area (Å²) in [7, 11) is 0. The molecule has 3 saturated carbocycles. The van der Waals surface area contributed by atoms with Crippen molar-refractivity contribution >= 4 is 5.97 Å². The standard InChI is InChI=1S/C11H18O3/c1-2-14-11(13)9-5-8-4-3-7(9)6-10(8)12/h7-10,12H,2-6H2,1H3/t7?,8-,9?,10?/m0/s1. The van der Waals surface area contributed by atoms with Gasteiger partial charge in [-0.25, -0.2) is 0 Å². The van der Waals surface area contributed by atoms with Crippen molar-refractivity contribution in [3.05, 3.63) is 0 Å². The Morgan fingerprint density at radius 3 is 2.57 bits per heavy atom. The fraction of sp³-hybridized carbons (Fsp3) is 0.909. The van der Waals surface area contributed by atoms with Crippen LogP contribution in [-0.4, -0.2) is 23.8 Å². The third-order valence-corrected chi connectivity index (χ3v) is 3.71. The Kier molecular flexibility index (Phi) is 2.77. The lowest BCUT2D eigenvalue weighted by molar-refractivity contribution is -0.157. The van der Waals surface area contributed by atoms with Gasteiger partial charge in [0.15, 0.2) is 0 Å². The summed E-state index contributed by atoms with van der Waals surface area (Å²) in [6.45, 7) is 2.31. The molecular weight excluding hydrogens is 180 g/mol. The first kappa shape index (κ1) is 9.97. The van der Waals surface area contributed by atoms with Crippen molar-refractivity contribution in [1.82, 2.24) is 0 Å². The highest BCUT2D eigenvalue weighted by Crippen LogP contribution is 2.45. The van der Waals surface area contributed by atoms with Crippen molar-refractivity contribution in [2.45, 2.75) is 38.7 Å². The highest BCUT2D eigenvalue weighted by Gasteiger charge is 2.44. The van der Waals surface area contributed by atoms with Gasteiger partial charge in [0.25, 0.3) is 0 Å². The van der Waals surface area contributed by atoms with Crippen LogP contribution in [0.5, 0.6) is 0 Å².